The summed E-state index contributed by atoms with van der Waals surface area (Å²) >= 11 is 3.29. The van der Waals surface area contributed by atoms with Gasteiger partial charge in [-0.3, -0.25) is 9.59 Å². The Morgan fingerprint density at radius 2 is 2.14 bits per heavy atom. The van der Waals surface area contributed by atoms with E-state index in [0.717, 1.165) is 19.3 Å². The number of amides is 1. The van der Waals surface area contributed by atoms with Crippen molar-refractivity contribution in [3.63, 3.8) is 0 Å². The summed E-state index contributed by atoms with van der Waals surface area (Å²) in [4.78, 5) is 23.9. The van der Waals surface area contributed by atoms with Crippen molar-refractivity contribution in [2.45, 2.75) is 52.6 Å². The number of aryl methyl sites for hydroxylation is 1. The molecule has 1 aromatic heterocycles. The van der Waals surface area contributed by atoms with Crippen LogP contribution in [0.15, 0.2) is 15.5 Å². The Hall–Kier alpha value is -1.37. The highest BCUT2D eigenvalue weighted by Crippen LogP contribution is 2.17. The SMILES string of the molecule is CCCCn1ncc(NC(C)C(=O)NCCC)c(Br)c1=O. The van der Waals surface area contributed by atoms with E-state index in [2.05, 4.69) is 38.6 Å². The second-order valence-electron chi connectivity index (χ2n) is 4.91. The van der Waals surface area contributed by atoms with E-state index in [4.69, 9.17) is 0 Å². The van der Waals surface area contributed by atoms with E-state index >= 15 is 0 Å². The van der Waals surface area contributed by atoms with Crippen molar-refractivity contribution in [2.75, 3.05) is 11.9 Å². The lowest BCUT2D eigenvalue weighted by Crippen LogP contribution is -2.38. The minimum atomic E-state index is -0.430. The Kier molecular flexibility index (Phi) is 7.42. The Morgan fingerprint density at radius 1 is 1.43 bits per heavy atom. The van der Waals surface area contributed by atoms with Crippen molar-refractivity contribution in [3.8, 4) is 0 Å². The highest BCUT2D eigenvalue weighted by Gasteiger charge is 2.15. The van der Waals surface area contributed by atoms with Crippen molar-refractivity contribution in [2.24, 2.45) is 0 Å². The molecule has 2 N–H and O–H groups in total. The molecular formula is C14H23BrN4O2. The molecule has 0 spiro atoms. The van der Waals surface area contributed by atoms with Gasteiger partial charge in [-0.2, -0.15) is 5.10 Å². The molecule has 21 heavy (non-hydrogen) atoms. The summed E-state index contributed by atoms with van der Waals surface area (Å²) < 4.78 is 1.84. The van der Waals surface area contributed by atoms with Gasteiger partial charge in [-0.25, -0.2) is 4.68 Å². The van der Waals surface area contributed by atoms with Crippen molar-refractivity contribution < 1.29 is 4.79 Å². The zero-order chi connectivity index (χ0) is 15.8. The van der Waals surface area contributed by atoms with Gasteiger partial charge >= 0.3 is 0 Å². The number of rotatable bonds is 8. The van der Waals surface area contributed by atoms with Gasteiger partial charge in [0, 0.05) is 13.1 Å². The standard InChI is InChI=1S/C14H23BrN4O2/c1-4-6-8-19-14(21)12(15)11(9-17-19)18-10(3)13(20)16-7-5-2/h9-10,18H,4-8H2,1-3H3,(H,16,20). The largest absolute Gasteiger partial charge is 0.372 e. The predicted octanol–water partition coefficient (Wildman–Crippen LogP) is 2.13. The second kappa shape index (κ2) is 8.81. The van der Waals surface area contributed by atoms with Gasteiger partial charge in [0.2, 0.25) is 5.91 Å². The van der Waals surface area contributed by atoms with Crippen LogP contribution in [0.1, 0.15) is 40.0 Å². The van der Waals surface area contributed by atoms with Crippen molar-refractivity contribution in [3.05, 3.63) is 21.0 Å². The summed E-state index contributed by atoms with van der Waals surface area (Å²) in [6, 6.07) is -0.430. The molecule has 1 heterocycles. The van der Waals surface area contributed by atoms with E-state index in [1.807, 2.05) is 6.92 Å². The average Bonchev–Trinajstić information content (AvgIpc) is 2.48. The summed E-state index contributed by atoms with van der Waals surface area (Å²) in [5.74, 6) is -0.0982. The van der Waals surface area contributed by atoms with Gasteiger partial charge in [-0.1, -0.05) is 20.3 Å². The molecular weight excluding hydrogens is 336 g/mol. The van der Waals surface area contributed by atoms with Crippen LogP contribution in [0.4, 0.5) is 5.69 Å². The number of hydrogen-bond donors (Lipinski definition) is 2. The number of carbonyl (C=O) groups excluding carboxylic acids is 1. The van der Waals surface area contributed by atoms with Crippen molar-refractivity contribution >= 4 is 27.5 Å². The topological polar surface area (TPSA) is 76.0 Å². The van der Waals surface area contributed by atoms with E-state index in [1.54, 1.807) is 13.1 Å². The van der Waals surface area contributed by atoms with E-state index in [1.165, 1.54) is 4.68 Å². The quantitative estimate of drug-likeness (QED) is 0.746. The minimum Gasteiger partial charge on any atom is -0.372 e. The molecule has 0 aliphatic heterocycles. The maximum absolute atomic E-state index is 12.1. The Labute approximate surface area is 133 Å². The normalized spacial score (nSPS) is 12.0. The van der Waals surface area contributed by atoms with Crippen LogP contribution in [0.5, 0.6) is 0 Å². The fraction of sp³-hybridized carbons (Fsp3) is 0.643. The average molecular weight is 359 g/mol. The van der Waals surface area contributed by atoms with Gasteiger partial charge in [-0.05, 0) is 35.7 Å². The third-order valence-electron chi connectivity index (χ3n) is 3.02. The number of carbonyl (C=O) groups is 1. The number of anilines is 1. The number of halogens is 1. The molecule has 1 amide bonds. The molecule has 0 saturated heterocycles. The molecule has 1 aromatic rings. The van der Waals surface area contributed by atoms with Crippen LogP contribution in [0.25, 0.3) is 0 Å². The first-order chi connectivity index (χ1) is 10.0. The second-order valence-corrected chi connectivity index (χ2v) is 5.70. The summed E-state index contributed by atoms with van der Waals surface area (Å²) in [5.41, 5.74) is 0.349. The molecule has 1 unspecified atom stereocenters. The molecule has 118 valence electrons. The smallest absolute Gasteiger partial charge is 0.283 e. The predicted molar refractivity (Wildman–Crippen MR) is 87.5 cm³/mol. The summed E-state index contributed by atoms with van der Waals surface area (Å²) in [7, 11) is 0. The Bertz CT molecular complexity index is 530. The van der Waals surface area contributed by atoms with Crippen molar-refractivity contribution in [1.82, 2.24) is 15.1 Å². The lowest BCUT2D eigenvalue weighted by Gasteiger charge is -2.16. The van der Waals surface area contributed by atoms with Gasteiger partial charge in [-0.15, -0.1) is 0 Å². The molecule has 6 nitrogen and oxygen atoms in total. The molecule has 0 aliphatic carbocycles. The first-order valence-corrected chi connectivity index (χ1v) is 8.10. The summed E-state index contributed by atoms with van der Waals surface area (Å²) in [5, 5.41) is 9.94. The van der Waals surface area contributed by atoms with Crippen LogP contribution in [-0.2, 0) is 11.3 Å². The van der Waals surface area contributed by atoms with Gasteiger partial charge in [0.05, 0.1) is 11.9 Å². The Balaban J connectivity index is 2.78. The molecule has 0 aliphatic rings. The van der Waals surface area contributed by atoms with E-state index in [0.29, 0.717) is 23.2 Å². The number of aromatic nitrogens is 2. The molecule has 1 rings (SSSR count). The van der Waals surface area contributed by atoms with Crippen LogP contribution >= 0.6 is 15.9 Å². The maximum atomic E-state index is 12.1. The van der Waals surface area contributed by atoms with Gasteiger partial charge < -0.3 is 10.6 Å². The molecule has 0 fully saturated rings. The van der Waals surface area contributed by atoms with E-state index in [-0.39, 0.29) is 11.5 Å². The Morgan fingerprint density at radius 3 is 2.76 bits per heavy atom. The van der Waals surface area contributed by atoms with Crippen molar-refractivity contribution in [1.29, 1.82) is 0 Å². The first kappa shape index (κ1) is 17.7. The van der Waals surface area contributed by atoms with Gasteiger partial charge in [0.1, 0.15) is 10.5 Å². The number of unbranched alkanes of at least 4 members (excludes halogenated alkanes) is 1. The molecule has 0 radical (unpaired) electrons. The summed E-state index contributed by atoms with van der Waals surface area (Å²) in [6.07, 6.45) is 4.37. The van der Waals surface area contributed by atoms with E-state index < -0.39 is 6.04 Å². The lowest BCUT2D eigenvalue weighted by atomic mass is 10.3. The summed E-state index contributed by atoms with van der Waals surface area (Å²) in [6.45, 7) is 7.05. The number of nitrogens with one attached hydrogen (secondary N) is 2. The van der Waals surface area contributed by atoms with Gasteiger partial charge in [0.15, 0.2) is 0 Å². The number of hydrogen-bond acceptors (Lipinski definition) is 4. The molecule has 0 aromatic carbocycles. The van der Waals surface area contributed by atoms with Gasteiger partial charge in [0.25, 0.3) is 5.56 Å². The maximum Gasteiger partial charge on any atom is 0.283 e. The molecule has 7 heteroatoms. The molecule has 0 saturated carbocycles. The highest BCUT2D eigenvalue weighted by molar-refractivity contribution is 9.10. The monoisotopic (exact) mass is 358 g/mol. The highest BCUT2D eigenvalue weighted by atomic mass is 79.9. The lowest BCUT2D eigenvalue weighted by molar-refractivity contribution is -0.121. The first-order valence-electron chi connectivity index (χ1n) is 7.31. The molecule has 0 bridgehead atoms. The third kappa shape index (κ3) is 5.15. The fourth-order valence-electron chi connectivity index (χ4n) is 1.73. The van der Waals surface area contributed by atoms with E-state index in [9.17, 15) is 9.59 Å². The van der Waals surface area contributed by atoms with Crippen LogP contribution < -0.4 is 16.2 Å². The number of nitrogens with zero attached hydrogens (tertiary/aromatic N) is 2. The zero-order valence-electron chi connectivity index (χ0n) is 12.8. The molecule has 1 atom stereocenters. The van der Waals surface area contributed by atoms with Crippen LogP contribution in [-0.4, -0.2) is 28.3 Å². The van der Waals surface area contributed by atoms with Crippen LogP contribution in [0.3, 0.4) is 0 Å². The van der Waals surface area contributed by atoms with Crippen LogP contribution in [0.2, 0.25) is 0 Å². The third-order valence-corrected chi connectivity index (χ3v) is 3.79. The van der Waals surface area contributed by atoms with Crippen LogP contribution in [0, 0.1) is 0 Å². The fourth-order valence-corrected chi connectivity index (χ4v) is 2.15. The zero-order valence-corrected chi connectivity index (χ0v) is 14.4. The minimum absolute atomic E-state index is 0.0982.